The fourth-order valence-electron chi connectivity index (χ4n) is 0.610. The highest BCUT2D eigenvalue weighted by atomic mass is 79.9. The monoisotopic (exact) mass is 211 g/mol. The number of rotatable bonds is 4. The first-order valence-electron chi connectivity index (χ1n) is 3.69. The van der Waals surface area contributed by atoms with Gasteiger partial charge < -0.3 is 27.4 Å². The van der Waals surface area contributed by atoms with Crippen molar-refractivity contribution in [1.29, 1.82) is 0 Å². The van der Waals surface area contributed by atoms with Crippen LogP contribution < -0.4 is 22.3 Å². The van der Waals surface area contributed by atoms with Crippen LogP contribution in [0, 0.1) is 5.92 Å². The molecule has 0 saturated carbocycles. The third-order valence-electron chi connectivity index (χ3n) is 1.38. The van der Waals surface area contributed by atoms with Crippen molar-refractivity contribution in [3.63, 3.8) is 0 Å². The van der Waals surface area contributed by atoms with Crippen molar-refractivity contribution in [2.75, 3.05) is 6.54 Å². The van der Waals surface area contributed by atoms with Crippen molar-refractivity contribution in [2.24, 2.45) is 5.92 Å². The largest absolute Gasteiger partial charge is 1.00 e. The predicted octanol–water partition coefficient (Wildman–Crippen LogP) is -3.06. The van der Waals surface area contributed by atoms with Gasteiger partial charge in [-0.2, -0.15) is 0 Å². The molecule has 3 N–H and O–H groups in total. The first-order chi connectivity index (χ1) is 4.18. The number of halogens is 1. The standard InChI is InChI=1S/C7H17NO.BrH/c1-4-5-8-7(9)6(2)3;/h6-9H,4-5H2,1-3H3;1H. The molecule has 0 aliphatic heterocycles. The third kappa shape index (κ3) is 6.52. The average molecular weight is 212 g/mol. The second kappa shape index (κ2) is 7.51. The topological polar surface area (TPSA) is 36.8 Å². The van der Waals surface area contributed by atoms with Gasteiger partial charge >= 0.3 is 0 Å². The lowest BCUT2D eigenvalue weighted by atomic mass is 10.2. The summed E-state index contributed by atoms with van der Waals surface area (Å²) in [7, 11) is 0. The van der Waals surface area contributed by atoms with Crippen LogP contribution in [0.1, 0.15) is 27.2 Å². The van der Waals surface area contributed by atoms with Crippen LogP contribution in [0.3, 0.4) is 0 Å². The smallest absolute Gasteiger partial charge is 0.189 e. The summed E-state index contributed by atoms with van der Waals surface area (Å²) in [5.41, 5.74) is 0. The van der Waals surface area contributed by atoms with E-state index >= 15 is 0 Å². The van der Waals surface area contributed by atoms with Crippen molar-refractivity contribution < 1.29 is 27.4 Å². The summed E-state index contributed by atoms with van der Waals surface area (Å²) < 4.78 is 0. The van der Waals surface area contributed by atoms with Crippen LogP contribution in [-0.4, -0.2) is 17.9 Å². The fraction of sp³-hybridized carbons (Fsp3) is 1.00. The Morgan fingerprint density at radius 2 is 1.90 bits per heavy atom. The van der Waals surface area contributed by atoms with Gasteiger partial charge in [0.15, 0.2) is 6.23 Å². The second-order valence-electron chi connectivity index (χ2n) is 2.76. The van der Waals surface area contributed by atoms with Crippen LogP contribution in [0.5, 0.6) is 0 Å². The molecule has 0 heterocycles. The maximum atomic E-state index is 9.20. The van der Waals surface area contributed by atoms with E-state index in [1.54, 1.807) is 0 Å². The Labute approximate surface area is 73.8 Å². The molecule has 10 heavy (non-hydrogen) atoms. The van der Waals surface area contributed by atoms with Crippen LogP contribution in [0.4, 0.5) is 0 Å². The van der Waals surface area contributed by atoms with E-state index in [1.807, 2.05) is 19.2 Å². The number of hydrogen-bond acceptors (Lipinski definition) is 1. The first-order valence-corrected chi connectivity index (χ1v) is 3.69. The lowest BCUT2D eigenvalue weighted by Gasteiger charge is -2.11. The minimum absolute atomic E-state index is 0. The number of hydrogen-bond donors (Lipinski definition) is 2. The first kappa shape index (κ1) is 13.0. The Morgan fingerprint density at radius 3 is 2.20 bits per heavy atom. The summed E-state index contributed by atoms with van der Waals surface area (Å²) >= 11 is 0. The number of aliphatic hydroxyl groups is 1. The molecule has 0 aliphatic rings. The molecule has 2 nitrogen and oxygen atoms in total. The molecule has 0 aromatic heterocycles. The average Bonchev–Trinajstić information content (AvgIpc) is 1.82. The molecule has 3 heteroatoms. The summed E-state index contributed by atoms with van der Waals surface area (Å²) in [5.74, 6) is 0.372. The van der Waals surface area contributed by atoms with Gasteiger partial charge in [0.25, 0.3) is 0 Å². The zero-order chi connectivity index (χ0) is 7.28. The molecule has 0 aromatic rings. The maximum Gasteiger partial charge on any atom is 0.189 e. The second-order valence-corrected chi connectivity index (χ2v) is 2.76. The van der Waals surface area contributed by atoms with Gasteiger partial charge in [0, 0.05) is 5.92 Å². The van der Waals surface area contributed by atoms with E-state index in [-0.39, 0.29) is 23.2 Å². The van der Waals surface area contributed by atoms with Crippen molar-refractivity contribution in [2.45, 2.75) is 33.4 Å². The molecule has 0 fully saturated rings. The maximum absolute atomic E-state index is 9.20. The molecular weight excluding hydrogens is 194 g/mol. The van der Waals surface area contributed by atoms with Crippen LogP contribution >= 0.6 is 0 Å². The number of aliphatic hydroxyl groups excluding tert-OH is 1. The molecule has 0 bridgehead atoms. The van der Waals surface area contributed by atoms with Gasteiger partial charge in [-0.1, -0.05) is 20.8 Å². The van der Waals surface area contributed by atoms with Crippen molar-refractivity contribution in [1.82, 2.24) is 0 Å². The summed E-state index contributed by atoms with van der Waals surface area (Å²) in [6.07, 6.45) is 0.925. The Hall–Kier alpha value is 0.400. The summed E-state index contributed by atoms with van der Waals surface area (Å²) in [4.78, 5) is 0. The minimum atomic E-state index is -0.204. The number of quaternary nitrogens is 1. The molecule has 0 aliphatic carbocycles. The van der Waals surface area contributed by atoms with Gasteiger partial charge in [-0.3, -0.25) is 0 Å². The van der Waals surface area contributed by atoms with Crippen LogP contribution in [-0.2, 0) is 0 Å². The van der Waals surface area contributed by atoms with Crippen LogP contribution in [0.15, 0.2) is 0 Å². The predicted molar refractivity (Wildman–Crippen MR) is 37.9 cm³/mol. The highest BCUT2D eigenvalue weighted by Crippen LogP contribution is 1.90. The van der Waals surface area contributed by atoms with E-state index < -0.39 is 0 Å². The van der Waals surface area contributed by atoms with Gasteiger partial charge in [-0.25, -0.2) is 0 Å². The Morgan fingerprint density at radius 1 is 1.40 bits per heavy atom. The van der Waals surface area contributed by atoms with Gasteiger partial charge in [-0.15, -0.1) is 0 Å². The summed E-state index contributed by atoms with van der Waals surface area (Å²) in [6.45, 7) is 7.19. The lowest BCUT2D eigenvalue weighted by Crippen LogP contribution is -3.00. The zero-order valence-corrected chi connectivity index (χ0v) is 8.56. The highest BCUT2D eigenvalue weighted by molar-refractivity contribution is 4.41. The molecule has 0 saturated heterocycles. The van der Waals surface area contributed by atoms with Gasteiger partial charge in [0.2, 0.25) is 0 Å². The Balaban J connectivity index is 0. The third-order valence-corrected chi connectivity index (χ3v) is 1.38. The van der Waals surface area contributed by atoms with E-state index in [9.17, 15) is 5.11 Å². The number of nitrogens with two attached hydrogens (primary N) is 1. The van der Waals surface area contributed by atoms with Gasteiger partial charge in [-0.05, 0) is 6.42 Å². The molecule has 1 unspecified atom stereocenters. The molecule has 0 rings (SSSR count). The van der Waals surface area contributed by atoms with E-state index in [0.717, 1.165) is 13.0 Å². The molecule has 0 spiro atoms. The van der Waals surface area contributed by atoms with Gasteiger partial charge in [0.1, 0.15) is 0 Å². The highest BCUT2D eigenvalue weighted by Gasteiger charge is 2.09. The van der Waals surface area contributed by atoms with Crippen molar-refractivity contribution >= 4 is 0 Å². The minimum Gasteiger partial charge on any atom is -1.00 e. The molecular formula is C7H18BrNO. The zero-order valence-electron chi connectivity index (χ0n) is 6.97. The van der Waals surface area contributed by atoms with E-state index in [1.165, 1.54) is 0 Å². The lowest BCUT2D eigenvalue weighted by molar-refractivity contribution is -0.730. The van der Waals surface area contributed by atoms with Crippen molar-refractivity contribution in [3.8, 4) is 0 Å². The molecule has 0 radical (unpaired) electrons. The molecule has 0 aromatic carbocycles. The normalized spacial score (nSPS) is 12.9. The van der Waals surface area contributed by atoms with Crippen molar-refractivity contribution in [3.05, 3.63) is 0 Å². The van der Waals surface area contributed by atoms with E-state index in [4.69, 9.17) is 0 Å². The summed E-state index contributed by atoms with van der Waals surface area (Å²) in [6, 6.07) is 0. The Kier molecular flexibility index (Phi) is 9.78. The molecule has 1 atom stereocenters. The summed E-state index contributed by atoms with van der Waals surface area (Å²) in [5, 5.41) is 11.2. The quantitative estimate of drug-likeness (QED) is 0.477. The molecule has 0 amide bonds. The van der Waals surface area contributed by atoms with E-state index in [0.29, 0.717) is 5.92 Å². The fourth-order valence-corrected chi connectivity index (χ4v) is 0.610. The SMILES string of the molecule is CCC[NH2+]C(O)C(C)C.[Br-]. The van der Waals surface area contributed by atoms with E-state index in [2.05, 4.69) is 6.92 Å². The Bertz CT molecular complexity index is 68.6. The van der Waals surface area contributed by atoms with Gasteiger partial charge in [0.05, 0.1) is 6.54 Å². The van der Waals surface area contributed by atoms with Crippen LogP contribution in [0.25, 0.3) is 0 Å². The van der Waals surface area contributed by atoms with Crippen LogP contribution in [0.2, 0.25) is 0 Å². The molecule has 64 valence electrons.